The number of benzene rings is 5. The SMILES string of the molecule is COc1cc(-c2ccccc2)c(OC2(OC)C=C(c3ccccc3)C(=O)C(c3ccccc3)=C2)c(-c2ccccc2)c1. The highest BCUT2D eigenvalue weighted by Gasteiger charge is 2.38. The van der Waals surface area contributed by atoms with Crippen LogP contribution in [0.25, 0.3) is 33.4 Å². The van der Waals surface area contributed by atoms with Gasteiger partial charge in [-0.25, -0.2) is 0 Å². The molecular formula is C38H30O4. The number of ketones is 1. The second kappa shape index (κ2) is 11.7. The number of allylic oxidation sites excluding steroid dienone is 2. The van der Waals surface area contributed by atoms with E-state index in [0.29, 0.717) is 22.6 Å². The first-order chi connectivity index (χ1) is 20.6. The Morgan fingerprint density at radius 3 is 1.26 bits per heavy atom. The number of hydrogen-bond acceptors (Lipinski definition) is 4. The summed E-state index contributed by atoms with van der Waals surface area (Å²) in [4.78, 5) is 14.0. The summed E-state index contributed by atoms with van der Waals surface area (Å²) in [7, 11) is 3.26. The molecule has 0 heterocycles. The van der Waals surface area contributed by atoms with Gasteiger partial charge in [-0.05, 0) is 34.4 Å². The lowest BCUT2D eigenvalue weighted by Gasteiger charge is -2.34. The van der Waals surface area contributed by atoms with Crippen LogP contribution in [0.15, 0.2) is 146 Å². The maximum Gasteiger partial charge on any atom is 0.252 e. The fourth-order valence-electron chi connectivity index (χ4n) is 5.26. The summed E-state index contributed by atoms with van der Waals surface area (Å²) in [6.07, 6.45) is 3.57. The molecule has 4 nitrogen and oxygen atoms in total. The monoisotopic (exact) mass is 550 g/mol. The normalized spacial score (nSPS) is 14.1. The van der Waals surface area contributed by atoms with E-state index in [1.165, 1.54) is 0 Å². The van der Waals surface area contributed by atoms with Crippen LogP contribution in [0.3, 0.4) is 0 Å². The van der Waals surface area contributed by atoms with E-state index in [0.717, 1.165) is 33.4 Å². The molecule has 0 bridgehead atoms. The Hall–Kier alpha value is -5.19. The van der Waals surface area contributed by atoms with Crippen molar-refractivity contribution in [3.05, 3.63) is 157 Å². The summed E-state index contributed by atoms with van der Waals surface area (Å²) in [6, 6.07) is 43.3. The van der Waals surface area contributed by atoms with Crippen molar-refractivity contribution >= 4 is 16.9 Å². The Morgan fingerprint density at radius 1 is 0.524 bits per heavy atom. The third kappa shape index (κ3) is 5.28. The van der Waals surface area contributed by atoms with Gasteiger partial charge in [0, 0.05) is 41.5 Å². The number of ether oxygens (including phenoxy) is 3. The van der Waals surface area contributed by atoms with Gasteiger partial charge in [0.1, 0.15) is 11.5 Å². The van der Waals surface area contributed by atoms with E-state index >= 15 is 0 Å². The van der Waals surface area contributed by atoms with Gasteiger partial charge >= 0.3 is 0 Å². The number of carbonyl (C=O) groups is 1. The predicted molar refractivity (Wildman–Crippen MR) is 168 cm³/mol. The standard InChI is InChI=1S/C38H30O4/c1-40-31-23-32(27-15-7-3-8-16-27)37(33(24-31)28-17-9-4-10-18-28)42-38(41-2)25-34(29-19-11-5-12-20-29)36(39)35(26-38)30-21-13-6-14-22-30/h3-26H,1-2H3. The van der Waals surface area contributed by atoms with E-state index < -0.39 is 5.79 Å². The van der Waals surface area contributed by atoms with Crippen LogP contribution >= 0.6 is 0 Å². The molecule has 42 heavy (non-hydrogen) atoms. The zero-order chi connectivity index (χ0) is 28.9. The highest BCUT2D eigenvalue weighted by atomic mass is 16.7. The van der Waals surface area contributed by atoms with Crippen molar-refractivity contribution in [3.63, 3.8) is 0 Å². The molecule has 6 rings (SSSR count). The van der Waals surface area contributed by atoms with E-state index in [-0.39, 0.29) is 5.78 Å². The molecule has 0 atom stereocenters. The minimum absolute atomic E-state index is 0.0926. The molecular weight excluding hydrogens is 520 g/mol. The molecule has 0 fully saturated rings. The molecule has 0 radical (unpaired) electrons. The molecule has 1 aliphatic rings. The minimum atomic E-state index is -1.40. The zero-order valence-corrected chi connectivity index (χ0v) is 23.5. The van der Waals surface area contributed by atoms with Crippen LogP contribution in [0.4, 0.5) is 0 Å². The number of rotatable bonds is 8. The van der Waals surface area contributed by atoms with Gasteiger partial charge in [-0.1, -0.05) is 121 Å². The van der Waals surface area contributed by atoms with Crippen molar-refractivity contribution < 1.29 is 19.0 Å². The van der Waals surface area contributed by atoms with Crippen LogP contribution in [0.2, 0.25) is 0 Å². The van der Waals surface area contributed by atoms with Crippen molar-refractivity contribution in [1.29, 1.82) is 0 Å². The largest absolute Gasteiger partial charge is 0.497 e. The summed E-state index contributed by atoms with van der Waals surface area (Å²) in [6.45, 7) is 0. The van der Waals surface area contributed by atoms with Crippen LogP contribution in [0.1, 0.15) is 11.1 Å². The fraction of sp³-hybridized carbons (Fsp3) is 0.0789. The molecule has 0 unspecified atom stereocenters. The summed E-state index contributed by atoms with van der Waals surface area (Å²) in [5.41, 5.74) is 6.19. The van der Waals surface area contributed by atoms with Gasteiger partial charge in [-0.2, -0.15) is 0 Å². The van der Waals surface area contributed by atoms with Gasteiger partial charge in [0.15, 0.2) is 5.78 Å². The van der Waals surface area contributed by atoms with Gasteiger partial charge in [0.25, 0.3) is 5.79 Å². The first-order valence-electron chi connectivity index (χ1n) is 13.8. The quantitative estimate of drug-likeness (QED) is 0.182. The van der Waals surface area contributed by atoms with E-state index in [1.54, 1.807) is 26.4 Å². The summed E-state index contributed by atoms with van der Waals surface area (Å²) in [5.74, 6) is -0.181. The second-order valence-corrected chi connectivity index (χ2v) is 9.99. The van der Waals surface area contributed by atoms with E-state index in [1.807, 2.05) is 133 Å². The van der Waals surface area contributed by atoms with Crippen molar-refractivity contribution in [2.24, 2.45) is 0 Å². The smallest absolute Gasteiger partial charge is 0.252 e. The van der Waals surface area contributed by atoms with E-state index in [4.69, 9.17) is 14.2 Å². The molecule has 0 spiro atoms. The van der Waals surface area contributed by atoms with Crippen molar-refractivity contribution in [2.75, 3.05) is 14.2 Å². The Labute approximate surface area is 246 Å². The molecule has 0 amide bonds. The maximum atomic E-state index is 14.0. The number of carbonyl (C=O) groups excluding carboxylic acids is 1. The zero-order valence-electron chi connectivity index (χ0n) is 23.5. The maximum absolute atomic E-state index is 14.0. The predicted octanol–water partition coefficient (Wildman–Crippen LogP) is 8.50. The van der Waals surface area contributed by atoms with Crippen LogP contribution in [0, 0.1) is 0 Å². The first-order valence-corrected chi connectivity index (χ1v) is 13.8. The number of methoxy groups -OCH3 is 2. The van der Waals surface area contributed by atoms with E-state index in [2.05, 4.69) is 0 Å². The van der Waals surface area contributed by atoms with Gasteiger partial charge in [-0.15, -0.1) is 0 Å². The van der Waals surface area contributed by atoms with Gasteiger partial charge in [0.2, 0.25) is 0 Å². The van der Waals surface area contributed by atoms with E-state index in [9.17, 15) is 4.79 Å². The average Bonchev–Trinajstić information content (AvgIpc) is 3.07. The highest BCUT2D eigenvalue weighted by Crippen LogP contribution is 2.46. The third-order valence-corrected chi connectivity index (χ3v) is 7.40. The van der Waals surface area contributed by atoms with Crippen LogP contribution < -0.4 is 9.47 Å². The number of Topliss-reactive ketones (excluding diaryl/α,β-unsaturated/α-hetero) is 1. The van der Waals surface area contributed by atoms with Crippen molar-refractivity contribution in [3.8, 4) is 33.8 Å². The van der Waals surface area contributed by atoms with Crippen molar-refractivity contribution in [1.82, 2.24) is 0 Å². The Morgan fingerprint density at radius 2 is 0.905 bits per heavy atom. The molecule has 4 heteroatoms. The third-order valence-electron chi connectivity index (χ3n) is 7.40. The molecule has 0 aromatic heterocycles. The Balaban J connectivity index is 1.61. The number of hydrogen-bond donors (Lipinski definition) is 0. The average molecular weight is 551 g/mol. The molecule has 5 aromatic rings. The molecule has 0 saturated carbocycles. The first kappa shape index (κ1) is 27.0. The van der Waals surface area contributed by atoms with Crippen LogP contribution in [-0.4, -0.2) is 25.8 Å². The summed E-state index contributed by atoms with van der Waals surface area (Å²) >= 11 is 0. The topological polar surface area (TPSA) is 44.8 Å². The molecule has 206 valence electrons. The molecule has 0 N–H and O–H groups in total. The highest BCUT2D eigenvalue weighted by molar-refractivity contribution is 6.43. The van der Waals surface area contributed by atoms with Gasteiger partial charge in [-0.3, -0.25) is 4.79 Å². The lowest BCUT2D eigenvalue weighted by atomic mass is 9.85. The fourth-order valence-corrected chi connectivity index (χ4v) is 5.26. The van der Waals surface area contributed by atoms with Crippen molar-refractivity contribution in [2.45, 2.75) is 5.79 Å². The van der Waals surface area contributed by atoms with Gasteiger partial charge in [0.05, 0.1) is 7.11 Å². The molecule has 0 aliphatic heterocycles. The minimum Gasteiger partial charge on any atom is -0.497 e. The Kier molecular flexibility index (Phi) is 7.54. The van der Waals surface area contributed by atoms with Gasteiger partial charge < -0.3 is 14.2 Å². The lowest BCUT2D eigenvalue weighted by Crippen LogP contribution is -2.38. The Bertz CT molecular complexity index is 1640. The van der Waals surface area contributed by atoms with Crippen LogP contribution in [0.5, 0.6) is 11.5 Å². The second-order valence-electron chi connectivity index (χ2n) is 9.99. The van der Waals surface area contributed by atoms with Crippen LogP contribution in [-0.2, 0) is 9.53 Å². The lowest BCUT2D eigenvalue weighted by molar-refractivity contribution is -0.111. The molecule has 5 aromatic carbocycles. The summed E-state index contributed by atoms with van der Waals surface area (Å²) < 4.78 is 19.0. The molecule has 0 saturated heterocycles. The molecule has 1 aliphatic carbocycles. The summed E-state index contributed by atoms with van der Waals surface area (Å²) in [5, 5.41) is 0.